The fraction of sp³-hybridized carbons (Fsp3) is 0.429. The van der Waals surface area contributed by atoms with Gasteiger partial charge in [-0.3, -0.25) is 9.59 Å². The predicted octanol–water partition coefficient (Wildman–Crippen LogP) is 3.68. The fourth-order valence-corrected chi connectivity index (χ4v) is 3.67. The van der Waals surface area contributed by atoms with E-state index in [2.05, 4.69) is 5.32 Å². The van der Waals surface area contributed by atoms with Gasteiger partial charge in [0.15, 0.2) is 6.04 Å². The molecule has 1 saturated heterocycles. The van der Waals surface area contributed by atoms with Crippen molar-refractivity contribution in [1.82, 2.24) is 10.6 Å². The van der Waals surface area contributed by atoms with E-state index in [0.29, 0.717) is 25.0 Å². The van der Waals surface area contributed by atoms with Crippen LogP contribution in [-0.4, -0.2) is 30.6 Å². The van der Waals surface area contributed by atoms with Crippen molar-refractivity contribution in [1.29, 1.82) is 0 Å². The highest BCUT2D eigenvalue weighted by atomic mass is 19.4. The zero-order valence-corrected chi connectivity index (χ0v) is 16.4. The van der Waals surface area contributed by atoms with Gasteiger partial charge in [-0.1, -0.05) is 12.1 Å². The van der Waals surface area contributed by atoms with Gasteiger partial charge in [0, 0.05) is 18.4 Å². The number of ether oxygens (including phenoxy) is 1. The van der Waals surface area contributed by atoms with Gasteiger partial charge in [0.1, 0.15) is 11.5 Å². The SMILES string of the molecule is COc1ccc(C[C@@]2(CCC(=O)N[C@H](c3ccco3)C(F)(F)F)CCC(=O)N2)cc1. The molecule has 0 radical (unpaired) electrons. The lowest BCUT2D eigenvalue weighted by Crippen LogP contribution is -2.45. The number of nitrogens with one attached hydrogen (secondary N) is 2. The Morgan fingerprint density at radius 1 is 1.30 bits per heavy atom. The lowest BCUT2D eigenvalue weighted by Gasteiger charge is -2.30. The first-order valence-corrected chi connectivity index (χ1v) is 9.54. The van der Waals surface area contributed by atoms with Gasteiger partial charge in [-0.15, -0.1) is 0 Å². The molecule has 1 fully saturated rings. The van der Waals surface area contributed by atoms with Gasteiger partial charge in [-0.2, -0.15) is 13.2 Å². The van der Waals surface area contributed by atoms with Crippen molar-refractivity contribution >= 4 is 11.8 Å². The van der Waals surface area contributed by atoms with Crippen LogP contribution in [0.2, 0.25) is 0 Å². The van der Waals surface area contributed by atoms with Crippen LogP contribution in [0.1, 0.15) is 43.0 Å². The molecule has 30 heavy (non-hydrogen) atoms. The van der Waals surface area contributed by atoms with E-state index in [9.17, 15) is 22.8 Å². The molecule has 2 heterocycles. The summed E-state index contributed by atoms with van der Waals surface area (Å²) in [5.74, 6) is -0.576. The lowest BCUT2D eigenvalue weighted by molar-refractivity contribution is -0.166. The van der Waals surface area contributed by atoms with Crippen LogP contribution in [0.3, 0.4) is 0 Å². The second-order valence-corrected chi connectivity index (χ2v) is 7.41. The average molecular weight is 424 g/mol. The Hall–Kier alpha value is -2.97. The third-order valence-electron chi connectivity index (χ3n) is 5.23. The number of benzene rings is 1. The molecule has 0 bridgehead atoms. The number of hydrogen-bond acceptors (Lipinski definition) is 4. The minimum Gasteiger partial charge on any atom is -0.497 e. The van der Waals surface area contributed by atoms with E-state index in [1.54, 1.807) is 19.2 Å². The largest absolute Gasteiger partial charge is 0.497 e. The molecular weight excluding hydrogens is 401 g/mol. The van der Waals surface area contributed by atoms with Crippen molar-refractivity contribution in [2.24, 2.45) is 0 Å². The van der Waals surface area contributed by atoms with Gasteiger partial charge in [-0.05, 0) is 49.1 Å². The molecule has 0 aliphatic carbocycles. The first-order valence-electron chi connectivity index (χ1n) is 9.54. The minimum absolute atomic E-state index is 0.132. The second-order valence-electron chi connectivity index (χ2n) is 7.41. The maximum atomic E-state index is 13.3. The van der Waals surface area contributed by atoms with Gasteiger partial charge >= 0.3 is 6.18 Å². The van der Waals surface area contributed by atoms with Crippen LogP contribution in [0, 0.1) is 0 Å². The number of hydrogen-bond donors (Lipinski definition) is 2. The smallest absolute Gasteiger partial charge is 0.415 e. The summed E-state index contributed by atoms with van der Waals surface area (Å²) in [6, 6.07) is 7.60. The number of alkyl halides is 3. The van der Waals surface area contributed by atoms with E-state index in [4.69, 9.17) is 9.15 Å². The Labute approximate surface area is 171 Å². The highest BCUT2D eigenvalue weighted by Gasteiger charge is 2.44. The predicted molar refractivity (Wildman–Crippen MR) is 102 cm³/mol. The van der Waals surface area contributed by atoms with Crippen LogP contribution in [0.15, 0.2) is 47.1 Å². The summed E-state index contributed by atoms with van der Waals surface area (Å²) in [5.41, 5.74) is 0.253. The van der Waals surface area contributed by atoms with Crippen LogP contribution < -0.4 is 15.4 Å². The highest BCUT2D eigenvalue weighted by Crippen LogP contribution is 2.34. The van der Waals surface area contributed by atoms with Gasteiger partial charge in [0.05, 0.1) is 13.4 Å². The van der Waals surface area contributed by atoms with Crippen LogP contribution in [0.25, 0.3) is 0 Å². The molecular formula is C21H23F3N2O4. The van der Waals surface area contributed by atoms with Crippen molar-refractivity contribution < 1.29 is 31.9 Å². The van der Waals surface area contributed by atoms with Crippen LogP contribution >= 0.6 is 0 Å². The maximum Gasteiger partial charge on any atom is 0.415 e. The number of methoxy groups -OCH3 is 1. The molecule has 162 valence electrons. The summed E-state index contributed by atoms with van der Waals surface area (Å²) in [5, 5.41) is 4.92. The normalized spacial score (nSPS) is 19.9. The molecule has 6 nitrogen and oxygen atoms in total. The Morgan fingerprint density at radius 3 is 2.57 bits per heavy atom. The summed E-state index contributed by atoms with van der Waals surface area (Å²) < 4.78 is 49.9. The van der Waals surface area contributed by atoms with Gasteiger partial charge in [-0.25, -0.2) is 0 Å². The molecule has 0 saturated carbocycles. The van der Waals surface area contributed by atoms with Crippen molar-refractivity contribution in [2.45, 2.75) is 49.9 Å². The minimum atomic E-state index is -4.68. The summed E-state index contributed by atoms with van der Waals surface area (Å²) in [6.07, 6.45) is -2.21. The summed E-state index contributed by atoms with van der Waals surface area (Å²) in [6.45, 7) is 0. The van der Waals surface area contributed by atoms with Crippen LogP contribution in [0.5, 0.6) is 5.75 Å². The van der Waals surface area contributed by atoms with Gasteiger partial charge in [0.2, 0.25) is 11.8 Å². The standard InChI is InChI=1S/C21H23F3N2O4/c1-29-15-6-4-14(5-7-15)13-20(11-9-18(28)26-20)10-8-17(27)25-19(21(22,23)24)16-3-2-12-30-16/h2-7,12,19H,8-11,13H2,1H3,(H,25,27)(H,26,28)/t19-,20-/m1/s1. The van der Waals surface area contributed by atoms with Crippen molar-refractivity contribution in [2.75, 3.05) is 7.11 Å². The quantitative estimate of drug-likeness (QED) is 0.678. The third kappa shape index (κ3) is 5.34. The number of rotatable bonds is 8. The van der Waals surface area contributed by atoms with E-state index in [1.807, 2.05) is 17.4 Å². The van der Waals surface area contributed by atoms with E-state index in [0.717, 1.165) is 11.8 Å². The van der Waals surface area contributed by atoms with Crippen LogP contribution in [0.4, 0.5) is 13.2 Å². The molecule has 1 aromatic carbocycles. The molecule has 9 heteroatoms. The molecule has 3 rings (SSSR count). The van der Waals surface area contributed by atoms with Crippen molar-refractivity contribution in [3.8, 4) is 5.75 Å². The van der Waals surface area contributed by atoms with E-state index >= 15 is 0 Å². The molecule has 2 atom stereocenters. The van der Waals surface area contributed by atoms with Crippen molar-refractivity contribution in [3.05, 3.63) is 54.0 Å². The van der Waals surface area contributed by atoms with Crippen LogP contribution in [-0.2, 0) is 16.0 Å². The Kier molecular flexibility index (Phi) is 6.38. The number of amides is 2. The zero-order valence-electron chi connectivity index (χ0n) is 16.4. The summed E-state index contributed by atoms with van der Waals surface area (Å²) in [4.78, 5) is 24.2. The zero-order chi connectivity index (χ0) is 21.8. The fourth-order valence-electron chi connectivity index (χ4n) is 3.67. The molecule has 2 N–H and O–H groups in total. The molecule has 1 aliphatic rings. The molecule has 2 amide bonds. The first kappa shape index (κ1) is 21.7. The number of carbonyl (C=O) groups is 2. The van der Waals surface area contributed by atoms with E-state index < -0.39 is 23.7 Å². The molecule has 1 aromatic heterocycles. The Balaban J connectivity index is 1.66. The summed E-state index contributed by atoms with van der Waals surface area (Å²) in [7, 11) is 1.56. The third-order valence-corrected chi connectivity index (χ3v) is 5.23. The van der Waals surface area contributed by atoms with E-state index in [1.165, 1.54) is 12.1 Å². The first-order chi connectivity index (χ1) is 14.2. The average Bonchev–Trinajstić information content (AvgIpc) is 3.35. The van der Waals surface area contributed by atoms with Crippen molar-refractivity contribution in [3.63, 3.8) is 0 Å². The number of carbonyl (C=O) groups excluding carboxylic acids is 2. The maximum absolute atomic E-state index is 13.3. The number of furan rings is 1. The second kappa shape index (κ2) is 8.81. The Morgan fingerprint density at radius 2 is 2.03 bits per heavy atom. The topological polar surface area (TPSA) is 80.6 Å². The van der Waals surface area contributed by atoms with Gasteiger partial charge < -0.3 is 19.8 Å². The summed E-state index contributed by atoms with van der Waals surface area (Å²) >= 11 is 0. The monoisotopic (exact) mass is 424 g/mol. The number of halogens is 3. The molecule has 1 aliphatic heterocycles. The Bertz CT molecular complexity index is 865. The molecule has 0 unspecified atom stereocenters. The van der Waals surface area contributed by atoms with Gasteiger partial charge in [0.25, 0.3) is 0 Å². The lowest BCUT2D eigenvalue weighted by atomic mass is 9.85. The highest BCUT2D eigenvalue weighted by molar-refractivity contribution is 5.80. The molecule has 2 aromatic rings. The molecule has 0 spiro atoms. The van der Waals surface area contributed by atoms with E-state index in [-0.39, 0.29) is 24.5 Å².